The number of carbonyl (C=O) groups is 1. The monoisotopic (exact) mass is 221 g/mol. The van der Waals surface area contributed by atoms with Gasteiger partial charge in [0.15, 0.2) is 0 Å². The minimum absolute atomic E-state index is 0.0525. The van der Waals surface area contributed by atoms with Crippen LogP contribution < -0.4 is 0 Å². The fraction of sp³-hybridized carbons (Fsp3) is 0.417. The summed E-state index contributed by atoms with van der Waals surface area (Å²) in [5, 5.41) is 9.92. The van der Waals surface area contributed by atoms with E-state index in [1.54, 1.807) is 0 Å². The molecule has 1 heterocycles. The van der Waals surface area contributed by atoms with Crippen molar-refractivity contribution in [3.8, 4) is 0 Å². The average molecular weight is 221 g/mol. The van der Waals surface area contributed by atoms with E-state index in [1.807, 2.05) is 30.3 Å². The molecule has 0 radical (unpaired) electrons. The van der Waals surface area contributed by atoms with Gasteiger partial charge in [0.1, 0.15) is 0 Å². The van der Waals surface area contributed by atoms with Crippen LogP contribution in [0.15, 0.2) is 30.3 Å². The van der Waals surface area contributed by atoms with Crippen molar-refractivity contribution in [1.82, 2.24) is 5.06 Å². The van der Waals surface area contributed by atoms with Crippen molar-refractivity contribution in [3.05, 3.63) is 35.9 Å². The zero-order valence-electron chi connectivity index (χ0n) is 9.00. The molecule has 1 unspecified atom stereocenters. The van der Waals surface area contributed by atoms with Crippen molar-refractivity contribution in [1.29, 1.82) is 0 Å². The van der Waals surface area contributed by atoms with Crippen LogP contribution in [0, 0.1) is 0 Å². The van der Waals surface area contributed by atoms with Crippen LogP contribution in [-0.4, -0.2) is 28.8 Å². The maximum absolute atomic E-state index is 10.7. The lowest BCUT2D eigenvalue weighted by molar-refractivity contribution is -0.204. The molecule has 0 aliphatic carbocycles. The van der Waals surface area contributed by atoms with E-state index in [0.717, 1.165) is 10.6 Å². The number of carbonyl (C=O) groups excluding carboxylic acids is 1. The molecule has 1 aliphatic heterocycles. The molecule has 1 N–H and O–H groups in total. The summed E-state index contributed by atoms with van der Waals surface area (Å²) in [6, 6.07) is 9.87. The zero-order valence-corrected chi connectivity index (χ0v) is 9.00. The summed E-state index contributed by atoms with van der Waals surface area (Å²) in [6.07, 6.45) is 1.13. The summed E-state index contributed by atoms with van der Waals surface area (Å²) in [5.41, 5.74) is 1.13. The van der Waals surface area contributed by atoms with Crippen LogP contribution in [0.1, 0.15) is 18.4 Å². The molecule has 1 fully saturated rings. The lowest BCUT2D eigenvalue weighted by Gasteiger charge is -2.34. The van der Waals surface area contributed by atoms with Gasteiger partial charge in [-0.05, 0) is 12.0 Å². The Balaban J connectivity index is 1.61. The summed E-state index contributed by atoms with van der Waals surface area (Å²) >= 11 is 0. The maximum Gasteiger partial charge on any atom is 0.248 e. The maximum atomic E-state index is 10.7. The molecule has 0 spiro atoms. The summed E-state index contributed by atoms with van der Waals surface area (Å²) in [4.78, 5) is 10.7. The molecule has 1 atom stereocenters. The molecule has 86 valence electrons. The molecule has 4 heteroatoms. The van der Waals surface area contributed by atoms with Gasteiger partial charge in [-0.2, -0.15) is 0 Å². The lowest BCUT2D eigenvalue weighted by Crippen LogP contribution is -2.50. The third kappa shape index (κ3) is 2.59. The van der Waals surface area contributed by atoms with E-state index in [1.165, 1.54) is 0 Å². The van der Waals surface area contributed by atoms with Crippen LogP contribution in [0.2, 0.25) is 0 Å². The van der Waals surface area contributed by atoms with E-state index in [0.29, 0.717) is 26.1 Å². The van der Waals surface area contributed by atoms with Gasteiger partial charge < -0.3 is 4.74 Å². The van der Waals surface area contributed by atoms with E-state index >= 15 is 0 Å². The van der Waals surface area contributed by atoms with Gasteiger partial charge in [0.05, 0.1) is 19.1 Å². The van der Waals surface area contributed by atoms with E-state index in [4.69, 9.17) is 9.94 Å². The van der Waals surface area contributed by atoms with Crippen molar-refractivity contribution < 1.29 is 14.7 Å². The molecule has 4 nitrogen and oxygen atoms in total. The van der Waals surface area contributed by atoms with E-state index < -0.39 is 0 Å². The molecule has 1 aliphatic rings. The van der Waals surface area contributed by atoms with Crippen LogP contribution in [0.25, 0.3) is 0 Å². The van der Waals surface area contributed by atoms with E-state index in [-0.39, 0.29) is 11.9 Å². The number of nitrogens with zero attached hydrogens (tertiary/aromatic N) is 1. The van der Waals surface area contributed by atoms with Gasteiger partial charge in [-0.15, -0.1) is 0 Å². The minimum Gasteiger partial charge on any atom is -0.377 e. The normalized spacial score (nSPS) is 19.7. The van der Waals surface area contributed by atoms with E-state index in [9.17, 15) is 4.79 Å². The summed E-state index contributed by atoms with van der Waals surface area (Å²) in [7, 11) is 0. The first-order valence-electron chi connectivity index (χ1n) is 5.40. The highest BCUT2D eigenvalue weighted by molar-refractivity contribution is 5.81. The largest absolute Gasteiger partial charge is 0.377 e. The fourth-order valence-corrected chi connectivity index (χ4v) is 1.68. The minimum atomic E-state index is -0.201. The summed E-state index contributed by atoms with van der Waals surface area (Å²) < 4.78 is 5.46. The Bertz CT molecular complexity index is 353. The number of rotatable bonds is 5. The number of hydroxylamine groups is 2. The van der Waals surface area contributed by atoms with Crippen molar-refractivity contribution in [2.75, 3.05) is 6.61 Å². The molecule has 1 aromatic rings. The number of ether oxygens (including phenoxy) is 1. The highest BCUT2D eigenvalue weighted by Crippen LogP contribution is 2.19. The summed E-state index contributed by atoms with van der Waals surface area (Å²) in [6.45, 7) is 1.14. The number of amides is 1. The molecule has 16 heavy (non-hydrogen) atoms. The topological polar surface area (TPSA) is 49.8 Å². The predicted molar refractivity (Wildman–Crippen MR) is 57.8 cm³/mol. The molecule has 0 saturated carbocycles. The molecule has 2 rings (SSSR count). The highest BCUT2D eigenvalue weighted by atomic mass is 16.5. The fourth-order valence-electron chi connectivity index (χ4n) is 1.68. The Morgan fingerprint density at radius 1 is 1.38 bits per heavy atom. The van der Waals surface area contributed by atoms with Gasteiger partial charge in [-0.1, -0.05) is 30.3 Å². The third-order valence-corrected chi connectivity index (χ3v) is 2.72. The smallest absolute Gasteiger partial charge is 0.248 e. The highest BCUT2D eigenvalue weighted by Gasteiger charge is 2.34. The van der Waals surface area contributed by atoms with Crippen molar-refractivity contribution >= 4 is 5.91 Å². The second-order valence-electron chi connectivity index (χ2n) is 3.92. The molecule has 0 bridgehead atoms. The molecular formula is C12H15NO3. The standard InChI is InChI=1S/C12H15NO3/c14-12-8-11(13(12)15)6-7-16-9-10-4-2-1-3-5-10/h1-5,11,15H,6-9H2. The first kappa shape index (κ1) is 11.1. The van der Waals surface area contributed by atoms with E-state index in [2.05, 4.69) is 0 Å². The second-order valence-corrected chi connectivity index (χ2v) is 3.92. The van der Waals surface area contributed by atoms with Gasteiger partial charge in [0.2, 0.25) is 5.91 Å². The third-order valence-electron chi connectivity index (χ3n) is 2.72. The number of hydrogen-bond donors (Lipinski definition) is 1. The lowest BCUT2D eigenvalue weighted by atomic mass is 10.0. The number of hydrogen-bond acceptors (Lipinski definition) is 3. The molecule has 0 aromatic heterocycles. The first-order chi connectivity index (χ1) is 7.77. The average Bonchev–Trinajstić information content (AvgIpc) is 2.34. The molecule has 1 aromatic carbocycles. The number of benzene rings is 1. The zero-order chi connectivity index (χ0) is 11.4. The van der Waals surface area contributed by atoms with Crippen LogP contribution in [0.4, 0.5) is 0 Å². The van der Waals surface area contributed by atoms with Gasteiger partial charge in [0, 0.05) is 6.61 Å². The van der Waals surface area contributed by atoms with Crippen LogP contribution in [0.5, 0.6) is 0 Å². The Kier molecular flexibility index (Phi) is 3.54. The Labute approximate surface area is 94.4 Å². The molecule has 1 amide bonds. The Hall–Kier alpha value is -1.39. The Morgan fingerprint density at radius 2 is 2.12 bits per heavy atom. The van der Waals surface area contributed by atoms with Gasteiger partial charge in [-0.25, -0.2) is 5.06 Å². The first-order valence-corrected chi connectivity index (χ1v) is 5.40. The SMILES string of the molecule is O=C1CC(CCOCc2ccccc2)N1O. The summed E-state index contributed by atoms with van der Waals surface area (Å²) in [5.74, 6) is -0.201. The Morgan fingerprint density at radius 3 is 2.75 bits per heavy atom. The van der Waals surface area contributed by atoms with Crippen molar-refractivity contribution in [2.24, 2.45) is 0 Å². The van der Waals surface area contributed by atoms with Gasteiger partial charge >= 0.3 is 0 Å². The van der Waals surface area contributed by atoms with Gasteiger partial charge in [0.25, 0.3) is 0 Å². The van der Waals surface area contributed by atoms with Crippen LogP contribution in [-0.2, 0) is 16.1 Å². The molecule has 1 saturated heterocycles. The van der Waals surface area contributed by atoms with Crippen molar-refractivity contribution in [2.45, 2.75) is 25.5 Å². The van der Waals surface area contributed by atoms with Crippen LogP contribution in [0.3, 0.4) is 0 Å². The quantitative estimate of drug-likeness (QED) is 0.466. The number of β-lactam (4-membered cyclic amide) rings is 1. The van der Waals surface area contributed by atoms with Crippen molar-refractivity contribution in [3.63, 3.8) is 0 Å². The second kappa shape index (κ2) is 5.09. The van der Waals surface area contributed by atoms with Gasteiger partial charge in [-0.3, -0.25) is 10.0 Å². The van der Waals surface area contributed by atoms with Crippen LogP contribution >= 0.6 is 0 Å². The molecular weight excluding hydrogens is 206 g/mol. The predicted octanol–water partition coefficient (Wildman–Crippen LogP) is 1.58.